The van der Waals surface area contributed by atoms with E-state index in [9.17, 15) is 17.8 Å². The van der Waals surface area contributed by atoms with Gasteiger partial charge in [0.15, 0.2) is 11.6 Å². The van der Waals surface area contributed by atoms with Gasteiger partial charge in [0.2, 0.25) is 0 Å². The number of aryl methyl sites for hydroxylation is 1. The summed E-state index contributed by atoms with van der Waals surface area (Å²) in [4.78, 5) is 15.4. The Morgan fingerprint density at radius 1 is 1.09 bits per heavy atom. The summed E-state index contributed by atoms with van der Waals surface area (Å²) in [5, 5.41) is 0.641. The maximum absolute atomic E-state index is 14.3. The number of ether oxygens (including phenoxy) is 1. The zero-order chi connectivity index (χ0) is 23.0. The van der Waals surface area contributed by atoms with Gasteiger partial charge in [-0.3, -0.25) is 4.79 Å². The minimum Gasteiger partial charge on any atom is -0.454 e. The van der Waals surface area contributed by atoms with Crippen LogP contribution in [0.5, 0.6) is 11.5 Å². The van der Waals surface area contributed by atoms with Crippen molar-refractivity contribution in [3.05, 3.63) is 76.8 Å². The monoisotopic (exact) mass is 457 g/mol. The average Bonchev–Trinajstić information content (AvgIpc) is 3.24. The van der Waals surface area contributed by atoms with Gasteiger partial charge in [0, 0.05) is 63.8 Å². The lowest BCUT2D eigenvalue weighted by Gasteiger charge is -2.15. The molecule has 0 spiro atoms. The van der Waals surface area contributed by atoms with Crippen LogP contribution >= 0.6 is 0 Å². The van der Waals surface area contributed by atoms with Crippen LogP contribution < -0.4 is 10.3 Å². The van der Waals surface area contributed by atoms with Crippen LogP contribution in [0.4, 0.5) is 14.5 Å². The minimum atomic E-state index is -2.43. The molecular formula is C23H21F2N3O3S. The Labute approximate surface area is 183 Å². The minimum absolute atomic E-state index is 0.152. The molecule has 2 aromatic heterocycles. The SMILES string of the molecule is CCS(C)(=O)=Nc1ccc(Oc2ccc(F)cc2F)c(-c2cn(C)c(=O)c3[nH]ccc23)c1. The molecule has 1 N–H and O–H groups in total. The molecule has 0 aliphatic rings. The smallest absolute Gasteiger partial charge is 0.274 e. The van der Waals surface area contributed by atoms with Crippen LogP contribution in [-0.4, -0.2) is 25.8 Å². The van der Waals surface area contributed by atoms with E-state index in [0.29, 0.717) is 33.5 Å². The molecular weight excluding hydrogens is 436 g/mol. The molecule has 6 nitrogen and oxygen atoms in total. The Bertz CT molecular complexity index is 1510. The van der Waals surface area contributed by atoms with E-state index >= 15 is 0 Å². The first-order valence-corrected chi connectivity index (χ1v) is 11.9. The highest BCUT2D eigenvalue weighted by Gasteiger charge is 2.17. The number of pyridine rings is 1. The van der Waals surface area contributed by atoms with Gasteiger partial charge < -0.3 is 14.3 Å². The maximum atomic E-state index is 14.3. The van der Waals surface area contributed by atoms with Gasteiger partial charge in [-0.2, -0.15) is 4.36 Å². The number of fused-ring (bicyclic) bond motifs is 1. The van der Waals surface area contributed by atoms with Crippen molar-refractivity contribution >= 4 is 26.3 Å². The molecule has 32 heavy (non-hydrogen) atoms. The number of halogens is 2. The number of hydrogen-bond donors (Lipinski definition) is 1. The maximum Gasteiger partial charge on any atom is 0.274 e. The van der Waals surface area contributed by atoms with Gasteiger partial charge in [0.1, 0.15) is 17.1 Å². The Hall–Kier alpha value is -3.46. The summed E-state index contributed by atoms with van der Waals surface area (Å²) in [5.41, 5.74) is 1.81. The highest BCUT2D eigenvalue weighted by Crippen LogP contribution is 2.39. The second kappa shape index (κ2) is 8.23. The number of nitrogens with one attached hydrogen (secondary N) is 1. The molecule has 0 saturated heterocycles. The summed E-state index contributed by atoms with van der Waals surface area (Å²) in [6, 6.07) is 9.69. The lowest BCUT2D eigenvalue weighted by molar-refractivity contribution is 0.439. The summed E-state index contributed by atoms with van der Waals surface area (Å²) in [6.45, 7) is 1.79. The number of benzene rings is 2. The Morgan fingerprint density at radius 2 is 1.84 bits per heavy atom. The van der Waals surface area contributed by atoms with E-state index in [-0.39, 0.29) is 17.1 Å². The van der Waals surface area contributed by atoms with Crippen molar-refractivity contribution in [2.45, 2.75) is 6.92 Å². The normalized spacial score (nSPS) is 13.2. The molecule has 0 amide bonds. The third-order valence-corrected chi connectivity index (χ3v) is 6.76. The highest BCUT2D eigenvalue weighted by atomic mass is 32.2. The summed E-state index contributed by atoms with van der Waals surface area (Å²) in [5.74, 6) is -1.06. The molecule has 166 valence electrons. The van der Waals surface area contributed by atoms with Gasteiger partial charge >= 0.3 is 0 Å². The van der Waals surface area contributed by atoms with E-state index < -0.39 is 21.4 Å². The Balaban J connectivity index is 1.97. The van der Waals surface area contributed by atoms with Crippen molar-refractivity contribution in [2.24, 2.45) is 11.4 Å². The van der Waals surface area contributed by atoms with Gasteiger partial charge in [-0.05, 0) is 36.4 Å². The second-order valence-corrected chi connectivity index (χ2v) is 10.1. The topological polar surface area (TPSA) is 76.4 Å². The van der Waals surface area contributed by atoms with E-state index in [1.54, 1.807) is 56.9 Å². The van der Waals surface area contributed by atoms with Crippen molar-refractivity contribution in [3.8, 4) is 22.6 Å². The van der Waals surface area contributed by atoms with Gasteiger partial charge in [0.25, 0.3) is 5.56 Å². The molecule has 0 bridgehead atoms. The number of rotatable bonds is 5. The van der Waals surface area contributed by atoms with Crippen LogP contribution in [0, 0.1) is 11.6 Å². The summed E-state index contributed by atoms with van der Waals surface area (Å²) < 4.78 is 51.7. The fourth-order valence-electron chi connectivity index (χ4n) is 3.32. The zero-order valence-electron chi connectivity index (χ0n) is 17.7. The van der Waals surface area contributed by atoms with E-state index in [2.05, 4.69) is 9.35 Å². The van der Waals surface area contributed by atoms with Gasteiger partial charge in [-0.25, -0.2) is 13.0 Å². The van der Waals surface area contributed by atoms with Gasteiger partial charge in [-0.15, -0.1) is 0 Å². The molecule has 4 rings (SSSR count). The van der Waals surface area contributed by atoms with Crippen LogP contribution in [0.1, 0.15) is 6.92 Å². The number of aromatic nitrogens is 2. The average molecular weight is 458 g/mol. The summed E-state index contributed by atoms with van der Waals surface area (Å²) in [6.07, 6.45) is 4.87. The van der Waals surface area contributed by atoms with Crippen LogP contribution in [0.2, 0.25) is 0 Å². The van der Waals surface area contributed by atoms with Crippen molar-refractivity contribution < 1.29 is 17.7 Å². The molecule has 1 atom stereocenters. The molecule has 0 aliphatic carbocycles. The molecule has 4 aromatic rings. The molecule has 1 unspecified atom stereocenters. The third-order valence-electron chi connectivity index (χ3n) is 5.10. The Kier molecular flexibility index (Phi) is 5.60. The third kappa shape index (κ3) is 4.16. The first-order chi connectivity index (χ1) is 15.2. The quantitative estimate of drug-likeness (QED) is 0.439. The molecule has 0 aliphatic heterocycles. The number of aromatic amines is 1. The predicted octanol–water partition coefficient (Wildman–Crippen LogP) is 5.35. The number of nitrogens with zero attached hydrogens (tertiary/aromatic N) is 2. The van der Waals surface area contributed by atoms with Crippen molar-refractivity contribution in [1.29, 1.82) is 0 Å². The predicted molar refractivity (Wildman–Crippen MR) is 122 cm³/mol. The summed E-state index contributed by atoms with van der Waals surface area (Å²) >= 11 is 0. The number of hydrogen-bond acceptors (Lipinski definition) is 4. The standard InChI is InChI=1S/C23H21F2N3O3S/c1-4-32(3,30)27-15-6-8-20(31-21-7-5-14(24)11-19(21)25)17(12-15)18-13-28(2)23(29)22-16(18)9-10-26-22/h5-13,26H,4H2,1-3H3. The van der Waals surface area contributed by atoms with E-state index in [1.807, 2.05) is 0 Å². The first-order valence-electron chi connectivity index (χ1n) is 9.82. The van der Waals surface area contributed by atoms with Crippen LogP contribution in [0.3, 0.4) is 0 Å². The largest absolute Gasteiger partial charge is 0.454 e. The molecule has 9 heteroatoms. The molecule has 2 aromatic carbocycles. The van der Waals surface area contributed by atoms with E-state index in [4.69, 9.17) is 4.74 Å². The molecule has 0 radical (unpaired) electrons. The molecule has 0 fully saturated rings. The van der Waals surface area contributed by atoms with Gasteiger partial charge in [0.05, 0.1) is 5.69 Å². The second-order valence-electron chi connectivity index (χ2n) is 7.42. The fraction of sp³-hybridized carbons (Fsp3) is 0.174. The fourth-order valence-corrected chi connectivity index (χ4v) is 4.01. The molecule has 2 heterocycles. The first kappa shape index (κ1) is 21.8. The summed E-state index contributed by atoms with van der Waals surface area (Å²) in [7, 11) is -0.809. The van der Waals surface area contributed by atoms with Crippen LogP contribution in [0.15, 0.2) is 64.0 Å². The van der Waals surface area contributed by atoms with E-state index in [1.165, 1.54) is 10.6 Å². The van der Waals surface area contributed by atoms with Crippen molar-refractivity contribution in [2.75, 3.05) is 12.0 Å². The van der Waals surface area contributed by atoms with Crippen molar-refractivity contribution in [1.82, 2.24) is 9.55 Å². The lowest BCUT2D eigenvalue weighted by Crippen LogP contribution is -2.16. The lowest BCUT2D eigenvalue weighted by atomic mass is 10.0. The zero-order valence-corrected chi connectivity index (χ0v) is 18.5. The van der Waals surface area contributed by atoms with Crippen LogP contribution in [0.25, 0.3) is 22.0 Å². The Morgan fingerprint density at radius 3 is 2.56 bits per heavy atom. The van der Waals surface area contributed by atoms with Gasteiger partial charge in [-0.1, -0.05) is 6.92 Å². The van der Waals surface area contributed by atoms with Crippen molar-refractivity contribution in [3.63, 3.8) is 0 Å². The van der Waals surface area contributed by atoms with Crippen LogP contribution in [-0.2, 0) is 16.8 Å². The number of H-pyrrole nitrogens is 1. The molecule has 0 saturated carbocycles. The van der Waals surface area contributed by atoms with E-state index in [0.717, 1.165) is 12.1 Å². The highest BCUT2D eigenvalue weighted by molar-refractivity contribution is 7.93.